The summed E-state index contributed by atoms with van der Waals surface area (Å²) < 4.78 is 34.8. The molecular weight excluding hydrogens is 320 g/mol. The predicted octanol–water partition coefficient (Wildman–Crippen LogP) is 1.58. The normalized spacial score (nSPS) is 18.9. The first-order valence-electron chi connectivity index (χ1n) is 7.53. The van der Waals surface area contributed by atoms with Crippen LogP contribution in [0.3, 0.4) is 0 Å². The molecule has 2 aliphatic rings. The van der Waals surface area contributed by atoms with E-state index in [0.29, 0.717) is 11.7 Å². The molecule has 0 spiro atoms. The number of nitrogens with zero attached hydrogens (tertiary/aromatic N) is 2. The van der Waals surface area contributed by atoms with Crippen molar-refractivity contribution in [2.45, 2.75) is 29.8 Å². The molecule has 3 heterocycles. The Morgan fingerprint density at radius 1 is 1.35 bits per heavy atom. The number of hydrogen-bond acceptors (Lipinski definition) is 6. The van der Waals surface area contributed by atoms with Gasteiger partial charge in [-0.05, 0) is 25.0 Å². The van der Waals surface area contributed by atoms with Gasteiger partial charge in [-0.2, -0.15) is 0 Å². The minimum atomic E-state index is -3.32. The van der Waals surface area contributed by atoms with Gasteiger partial charge in [-0.1, -0.05) is 5.16 Å². The monoisotopic (exact) mass is 336 g/mol. The van der Waals surface area contributed by atoms with Crippen molar-refractivity contribution in [3.8, 4) is 0 Å². The van der Waals surface area contributed by atoms with E-state index in [-0.39, 0.29) is 30.4 Å². The summed E-state index contributed by atoms with van der Waals surface area (Å²) in [6.45, 7) is 0.376. The molecule has 2 aromatic rings. The molecule has 2 aromatic heterocycles. The maximum atomic E-state index is 12.3. The summed E-state index contributed by atoms with van der Waals surface area (Å²) in [5, 5.41) is 3.25. The van der Waals surface area contributed by atoms with Crippen LogP contribution in [0.4, 0.5) is 0 Å². The zero-order valence-corrected chi connectivity index (χ0v) is 13.2. The lowest BCUT2D eigenvalue weighted by Gasteiger charge is -2.37. The Morgan fingerprint density at radius 3 is 2.78 bits per heavy atom. The third-order valence-electron chi connectivity index (χ3n) is 4.29. The van der Waals surface area contributed by atoms with Gasteiger partial charge in [0.25, 0.3) is 5.91 Å². The number of carbonyl (C=O) groups excluding carboxylic acids is 1. The van der Waals surface area contributed by atoms with Crippen LogP contribution in [-0.2, 0) is 15.6 Å². The minimum absolute atomic E-state index is 0.136. The average molecular weight is 336 g/mol. The molecule has 0 unspecified atom stereocenters. The van der Waals surface area contributed by atoms with E-state index >= 15 is 0 Å². The summed E-state index contributed by atoms with van der Waals surface area (Å²) in [5.41, 5.74) is 0.258. The summed E-state index contributed by atoms with van der Waals surface area (Å²) in [5.74, 6) is 1.14. The van der Waals surface area contributed by atoms with E-state index < -0.39 is 15.1 Å². The van der Waals surface area contributed by atoms with Gasteiger partial charge in [0.2, 0.25) is 0 Å². The van der Waals surface area contributed by atoms with Crippen LogP contribution >= 0.6 is 0 Å². The number of sulfone groups is 1. The third-order valence-corrected chi connectivity index (χ3v) is 6.29. The largest absolute Gasteiger partial charge is 0.468 e. The Kier molecular flexibility index (Phi) is 3.29. The summed E-state index contributed by atoms with van der Waals surface area (Å²) >= 11 is 0. The molecule has 0 bridgehead atoms. The lowest BCUT2D eigenvalue weighted by atomic mass is 10.2. The number of furan rings is 1. The highest BCUT2D eigenvalue weighted by Crippen LogP contribution is 2.40. The number of rotatable bonds is 5. The molecule has 1 saturated heterocycles. The van der Waals surface area contributed by atoms with Crippen LogP contribution in [0.2, 0.25) is 0 Å². The predicted molar refractivity (Wildman–Crippen MR) is 79.5 cm³/mol. The van der Waals surface area contributed by atoms with Gasteiger partial charge < -0.3 is 13.8 Å². The molecule has 8 heteroatoms. The quantitative estimate of drug-likeness (QED) is 0.823. The Morgan fingerprint density at radius 2 is 2.13 bits per heavy atom. The minimum Gasteiger partial charge on any atom is -0.468 e. The molecule has 7 nitrogen and oxygen atoms in total. The van der Waals surface area contributed by atoms with E-state index in [1.165, 1.54) is 11.2 Å². The van der Waals surface area contributed by atoms with E-state index in [0.717, 1.165) is 18.6 Å². The SMILES string of the molecule is O=C(c1cc(C2CC2)on1)N1CC(S(=O)(=O)Cc2ccco2)C1. The molecule has 0 N–H and O–H groups in total. The summed E-state index contributed by atoms with van der Waals surface area (Å²) in [4.78, 5) is 13.7. The smallest absolute Gasteiger partial charge is 0.276 e. The van der Waals surface area contributed by atoms with Gasteiger partial charge in [-0.25, -0.2) is 8.42 Å². The van der Waals surface area contributed by atoms with Crippen molar-refractivity contribution >= 4 is 15.7 Å². The first kappa shape index (κ1) is 14.5. The Hall–Kier alpha value is -2.09. The van der Waals surface area contributed by atoms with Crippen LogP contribution < -0.4 is 0 Å². The Balaban J connectivity index is 1.37. The molecule has 2 fully saturated rings. The number of likely N-dealkylation sites (tertiary alicyclic amines) is 1. The second-order valence-corrected chi connectivity index (χ2v) is 8.39. The highest BCUT2D eigenvalue weighted by Gasteiger charge is 2.41. The van der Waals surface area contributed by atoms with E-state index in [1.54, 1.807) is 18.2 Å². The van der Waals surface area contributed by atoms with Crippen molar-refractivity contribution in [2.75, 3.05) is 13.1 Å². The van der Waals surface area contributed by atoms with Crippen LogP contribution in [0.1, 0.15) is 40.8 Å². The number of hydrogen-bond donors (Lipinski definition) is 0. The highest BCUT2D eigenvalue weighted by molar-refractivity contribution is 7.91. The molecule has 1 aliphatic carbocycles. The van der Waals surface area contributed by atoms with Crippen molar-refractivity contribution in [1.29, 1.82) is 0 Å². The number of carbonyl (C=O) groups is 1. The maximum Gasteiger partial charge on any atom is 0.276 e. The molecule has 0 atom stereocenters. The van der Waals surface area contributed by atoms with Gasteiger partial charge in [0, 0.05) is 25.1 Å². The molecule has 0 aromatic carbocycles. The molecule has 0 radical (unpaired) electrons. The molecule has 1 saturated carbocycles. The second kappa shape index (κ2) is 5.23. The molecule has 1 amide bonds. The van der Waals surface area contributed by atoms with E-state index in [4.69, 9.17) is 8.94 Å². The first-order chi connectivity index (χ1) is 11.0. The summed E-state index contributed by atoms with van der Waals surface area (Å²) in [7, 11) is -3.32. The third kappa shape index (κ3) is 2.78. The van der Waals surface area contributed by atoms with E-state index in [1.807, 2.05) is 0 Å². The first-order valence-corrected chi connectivity index (χ1v) is 9.24. The molecule has 4 rings (SSSR count). The average Bonchev–Trinajstić information content (AvgIpc) is 2.97. The second-order valence-electron chi connectivity index (χ2n) is 6.11. The van der Waals surface area contributed by atoms with Crippen LogP contribution in [0.25, 0.3) is 0 Å². The highest BCUT2D eigenvalue weighted by atomic mass is 32.2. The Labute approximate surface area is 133 Å². The van der Waals surface area contributed by atoms with Gasteiger partial charge in [-0.15, -0.1) is 0 Å². The van der Waals surface area contributed by atoms with Gasteiger partial charge in [0.1, 0.15) is 17.3 Å². The van der Waals surface area contributed by atoms with Gasteiger partial charge in [0.05, 0.1) is 11.5 Å². The zero-order valence-electron chi connectivity index (χ0n) is 12.3. The van der Waals surface area contributed by atoms with Crippen LogP contribution in [0, 0.1) is 0 Å². The standard InChI is InChI=1S/C15H16N2O5S/c18-15(13-6-14(22-16-13)10-3-4-10)17-7-12(8-17)23(19,20)9-11-2-1-5-21-11/h1-2,5-6,10,12H,3-4,7-9H2. The van der Waals surface area contributed by atoms with Crippen molar-refractivity contribution in [2.24, 2.45) is 0 Å². The van der Waals surface area contributed by atoms with Crippen molar-refractivity contribution in [3.63, 3.8) is 0 Å². The van der Waals surface area contributed by atoms with Crippen LogP contribution in [-0.4, -0.2) is 42.7 Å². The van der Waals surface area contributed by atoms with Crippen molar-refractivity contribution < 1.29 is 22.2 Å². The van der Waals surface area contributed by atoms with Gasteiger partial charge in [-0.3, -0.25) is 4.79 Å². The molecule has 23 heavy (non-hydrogen) atoms. The van der Waals surface area contributed by atoms with E-state index in [9.17, 15) is 13.2 Å². The number of aromatic nitrogens is 1. The molecule has 1 aliphatic heterocycles. The fraction of sp³-hybridized carbons (Fsp3) is 0.467. The summed E-state index contributed by atoms with van der Waals surface area (Å²) in [6.07, 6.45) is 3.59. The zero-order chi connectivity index (χ0) is 16.0. The topological polar surface area (TPSA) is 93.6 Å². The lowest BCUT2D eigenvalue weighted by molar-refractivity contribution is 0.0648. The fourth-order valence-electron chi connectivity index (χ4n) is 2.65. The lowest BCUT2D eigenvalue weighted by Crippen LogP contribution is -2.57. The van der Waals surface area contributed by atoms with E-state index in [2.05, 4.69) is 5.16 Å². The maximum absolute atomic E-state index is 12.3. The number of amides is 1. The fourth-order valence-corrected chi connectivity index (χ4v) is 4.26. The van der Waals surface area contributed by atoms with Crippen molar-refractivity contribution in [3.05, 3.63) is 41.7 Å². The van der Waals surface area contributed by atoms with Crippen molar-refractivity contribution in [1.82, 2.24) is 10.1 Å². The van der Waals surface area contributed by atoms with Crippen LogP contribution in [0.15, 0.2) is 33.4 Å². The van der Waals surface area contributed by atoms with Crippen LogP contribution in [0.5, 0.6) is 0 Å². The van der Waals surface area contributed by atoms with Gasteiger partial charge in [0.15, 0.2) is 15.5 Å². The Bertz CT molecular complexity index is 814. The van der Waals surface area contributed by atoms with Gasteiger partial charge >= 0.3 is 0 Å². The molecular formula is C15H16N2O5S. The molecule has 122 valence electrons. The summed E-state index contributed by atoms with van der Waals surface area (Å²) in [6, 6.07) is 4.96.